The van der Waals surface area contributed by atoms with E-state index in [-0.39, 0.29) is 5.60 Å². The molecule has 0 aromatic heterocycles. The van der Waals surface area contributed by atoms with E-state index in [1.807, 2.05) is 7.05 Å². The van der Waals surface area contributed by atoms with Gasteiger partial charge in [0, 0.05) is 19.6 Å². The molecule has 0 bridgehead atoms. The van der Waals surface area contributed by atoms with E-state index in [0.29, 0.717) is 0 Å². The average Bonchev–Trinajstić information content (AvgIpc) is 1.98. The van der Waals surface area contributed by atoms with Gasteiger partial charge in [-0.1, -0.05) is 0 Å². The number of rotatable bonds is 6. The second-order valence-corrected chi connectivity index (χ2v) is 4.37. The van der Waals surface area contributed by atoms with Crippen LogP contribution in [0.25, 0.3) is 0 Å². The lowest BCUT2D eigenvalue weighted by Gasteiger charge is -2.22. The zero-order valence-electron chi connectivity index (χ0n) is 9.68. The number of nitrogens with one attached hydrogen (secondary N) is 1. The molecule has 1 N–H and O–H groups in total. The van der Waals surface area contributed by atoms with Crippen molar-refractivity contribution >= 4 is 0 Å². The van der Waals surface area contributed by atoms with Gasteiger partial charge in [-0.3, -0.25) is 0 Å². The largest absolute Gasteiger partial charge is 0.375 e. The maximum absolute atomic E-state index is 5.62. The molecule has 0 aliphatic heterocycles. The van der Waals surface area contributed by atoms with Crippen LogP contribution in [-0.2, 0) is 4.74 Å². The molecule has 0 rings (SSSR count). The Hall–Kier alpha value is -0.120. The van der Waals surface area contributed by atoms with Crippen LogP contribution in [0.5, 0.6) is 0 Å². The minimum Gasteiger partial charge on any atom is -0.375 e. The van der Waals surface area contributed by atoms with Crippen LogP contribution in [-0.4, -0.2) is 50.8 Å². The van der Waals surface area contributed by atoms with Crippen molar-refractivity contribution in [1.29, 1.82) is 0 Å². The Bertz CT molecular complexity index is 121. The van der Waals surface area contributed by atoms with Gasteiger partial charge >= 0.3 is 0 Å². The normalized spacial score (nSPS) is 12.5. The molecule has 80 valence electrons. The lowest BCUT2D eigenvalue weighted by molar-refractivity contribution is -0.0105. The molecule has 3 nitrogen and oxygen atoms in total. The van der Waals surface area contributed by atoms with E-state index in [4.69, 9.17) is 4.74 Å². The van der Waals surface area contributed by atoms with Crippen LogP contribution < -0.4 is 5.32 Å². The molecule has 0 spiro atoms. The molecule has 0 aromatic carbocycles. The van der Waals surface area contributed by atoms with Gasteiger partial charge < -0.3 is 15.0 Å². The molecule has 3 heteroatoms. The maximum Gasteiger partial charge on any atom is 0.0600 e. The first kappa shape index (κ1) is 12.9. The molecule has 13 heavy (non-hydrogen) atoms. The summed E-state index contributed by atoms with van der Waals surface area (Å²) in [6.07, 6.45) is 0. The van der Waals surface area contributed by atoms with Gasteiger partial charge in [0.05, 0.1) is 12.2 Å². The van der Waals surface area contributed by atoms with Crippen molar-refractivity contribution in [2.24, 2.45) is 0 Å². The fourth-order valence-electron chi connectivity index (χ4n) is 0.922. The Balaban J connectivity index is 3.31. The Labute approximate surface area is 82.4 Å². The summed E-state index contributed by atoms with van der Waals surface area (Å²) < 4.78 is 5.62. The summed E-state index contributed by atoms with van der Waals surface area (Å²) in [5.41, 5.74) is -0.0101. The molecular formula is C10H24N2O. The number of nitrogens with zero attached hydrogens (tertiary/aromatic N) is 1. The van der Waals surface area contributed by atoms with E-state index < -0.39 is 0 Å². The van der Waals surface area contributed by atoms with E-state index in [9.17, 15) is 0 Å². The van der Waals surface area contributed by atoms with Crippen molar-refractivity contribution in [3.05, 3.63) is 0 Å². The molecule has 0 unspecified atom stereocenters. The van der Waals surface area contributed by atoms with Crippen molar-refractivity contribution in [3.63, 3.8) is 0 Å². The first-order valence-electron chi connectivity index (χ1n) is 4.93. The summed E-state index contributed by atoms with van der Waals surface area (Å²) in [5.74, 6) is 0. The standard InChI is InChI=1S/C10H24N2O/c1-10(2,3)13-9-8-12(5)7-6-11-4/h11H,6-9H2,1-5H3. The van der Waals surface area contributed by atoms with Crippen LogP contribution in [0.1, 0.15) is 20.8 Å². The molecule has 0 heterocycles. The summed E-state index contributed by atoms with van der Waals surface area (Å²) in [6.45, 7) is 10.2. The minimum atomic E-state index is -0.0101. The van der Waals surface area contributed by atoms with Gasteiger partial charge in [0.1, 0.15) is 0 Å². The van der Waals surface area contributed by atoms with Gasteiger partial charge in [0.2, 0.25) is 0 Å². The first-order valence-corrected chi connectivity index (χ1v) is 4.93. The SMILES string of the molecule is CNCCN(C)CCOC(C)(C)C. The third-order valence-electron chi connectivity index (χ3n) is 1.75. The molecule has 0 aromatic rings. The van der Waals surface area contributed by atoms with Crippen LogP contribution in [0.2, 0.25) is 0 Å². The number of hydrogen-bond acceptors (Lipinski definition) is 3. The zero-order valence-corrected chi connectivity index (χ0v) is 9.68. The van der Waals surface area contributed by atoms with Crippen LogP contribution in [0, 0.1) is 0 Å². The molecule has 0 aliphatic rings. The second-order valence-electron chi connectivity index (χ2n) is 4.37. The molecule has 0 fully saturated rings. The van der Waals surface area contributed by atoms with Gasteiger partial charge in [-0.05, 0) is 34.9 Å². The average molecular weight is 188 g/mol. The molecular weight excluding hydrogens is 164 g/mol. The number of hydrogen-bond donors (Lipinski definition) is 1. The fraction of sp³-hybridized carbons (Fsp3) is 1.00. The van der Waals surface area contributed by atoms with Crippen LogP contribution in [0.3, 0.4) is 0 Å². The Morgan fingerprint density at radius 2 is 1.85 bits per heavy atom. The van der Waals surface area contributed by atoms with Gasteiger partial charge in [0.25, 0.3) is 0 Å². The smallest absolute Gasteiger partial charge is 0.0600 e. The number of ether oxygens (including phenoxy) is 1. The Morgan fingerprint density at radius 1 is 1.23 bits per heavy atom. The van der Waals surface area contributed by atoms with E-state index in [2.05, 4.69) is 38.0 Å². The summed E-state index contributed by atoms with van der Waals surface area (Å²) in [5, 5.41) is 3.12. The first-order chi connectivity index (χ1) is 5.95. The van der Waals surface area contributed by atoms with Crippen molar-refractivity contribution < 1.29 is 4.74 Å². The monoisotopic (exact) mass is 188 g/mol. The van der Waals surface area contributed by atoms with E-state index in [1.54, 1.807) is 0 Å². The highest BCUT2D eigenvalue weighted by Gasteiger charge is 2.09. The van der Waals surface area contributed by atoms with Gasteiger partial charge in [-0.2, -0.15) is 0 Å². The quantitative estimate of drug-likeness (QED) is 0.672. The van der Waals surface area contributed by atoms with Gasteiger partial charge in [0.15, 0.2) is 0 Å². The van der Waals surface area contributed by atoms with Crippen molar-refractivity contribution in [1.82, 2.24) is 10.2 Å². The van der Waals surface area contributed by atoms with Crippen LogP contribution >= 0.6 is 0 Å². The predicted molar refractivity (Wildman–Crippen MR) is 57.1 cm³/mol. The highest BCUT2D eigenvalue weighted by molar-refractivity contribution is 4.60. The summed E-state index contributed by atoms with van der Waals surface area (Å²) in [4.78, 5) is 2.27. The van der Waals surface area contributed by atoms with Crippen molar-refractivity contribution in [2.45, 2.75) is 26.4 Å². The third kappa shape index (κ3) is 9.80. The molecule has 0 amide bonds. The fourth-order valence-corrected chi connectivity index (χ4v) is 0.922. The molecule has 0 radical (unpaired) electrons. The lowest BCUT2D eigenvalue weighted by atomic mass is 10.2. The molecule has 0 saturated heterocycles. The van der Waals surface area contributed by atoms with E-state index in [1.165, 1.54) is 0 Å². The second kappa shape index (κ2) is 6.35. The summed E-state index contributed by atoms with van der Waals surface area (Å²) in [7, 11) is 4.09. The lowest BCUT2D eigenvalue weighted by Crippen LogP contribution is -2.32. The topological polar surface area (TPSA) is 24.5 Å². The Kier molecular flexibility index (Phi) is 6.29. The van der Waals surface area contributed by atoms with Crippen LogP contribution in [0.4, 0.5) is 0 Å². The highest BCUT2D eigenvalue weighted by Crippen LogP contribution is 2.05. The minimum absolute atomic E-state index is 0.0101. The van der Waals surface area contributed by atoms with E-state index >= 15 is 0 Å². The van der Waals surface area contributed by atoms with Crippen LogP contribution in [0.15, 0.2) is 0 Å². The summed E-state index contributed by atoms with van der Waals surface area (Å²) >= 11 is 0. The third-order valence-corrected chi connectivity index (χ3v) is 1.75. The zero-order chi connectivity index (χ0) is 10.3. The molecule has 0 saturated carbocycles. The van der Waals surface area contributed by atoms with E-state index in [0.717, 1.165) is 26.2 Å². The Morgan fingerprint density at radius 3 is 2.31 bits per heavy atom. The highest BCUT2D eigenvalue weighted by atomic mass is 16.5. The van der Waals surface area contributed by atoms with Crippen molar-refractivity contribution in [2.75, 3.05) is 40.3 Å². The predicted octanol–water partition coefficient (Wildman–Crippen LogP) is 0.953. The van der Waals surface area contributed by atoms with Gasteiger partial charge in [-0.15, -0.1) is 0 Å². The maximum atomic E-state index is 5.62. The molecule has 0 atom stereocenters. The van der Waals surface area contributed by atoms with Gasteiger partial charge in [-0.25, -0.2) is 0 Å². The summed E-state index contributed by atoms with van der Waals surface area (Å²) in [6, 6.07) is 0. The van der Waals surface area contributed by atoms with Crippen molar-refractivity contribution in [3.8, 4) is 0 Å². The molecule has 0 aliphatic carbocycles. The number of likely N-dealkylation sites (N-methyl/N-ethyl adjacent to an activating group) is 2.